The minimum absolute atomic E-state index is 0.228. The number of hydrogen-bond donors (Lipinski definition) is 1. The molecule has 0 spiro atoms. The van der Waals surface area contributed by atoms with Crippen molar-refractivity contribution in [3.05, 3.63) is 36.9 Å². The second-order valence-electron chi connectivity index (χ2n) is 3.27. The van der Waals surface area contributed by atoms with Crippen molar-refractivity contribution in [2.75, 3.05) is 0 Å². The second kappa shape index (κ2) is 4.87. The van der Waals surface area contributed by atoms with Crippen molar-refractivity contribution in [3.8, 4) is 5.75 Å². The van der Waals surface area contributed by atoms with E-state index in [4.69, 9.17) is 4.74 Å². The van der Waals surface area contributed by atoms with Crippen molar-refractivity contribution in [2.24, 2.45) is 0 Å². The van der Waals surface area contributed by atoms with Gasteiger partial charge in [-0.1, -0.05) is 12.1 Å². The Morgan fingerprint density at radius 1 is 1.38 bits per heavy atom. The first-order chi connectivity index (χ1) is 6.24. The molecule has 0 amide bonds. The van der Waals surface area contributed by atoms with Crippen molar-refractivity contribution in [2.45, 2.75) is 26.5 Å². The third-order valence-corrected chi connectivity index (χ3v) is 1.70. The zero-order valence-electron chi connectivity index (χ0n) is 8.29. The van der Waals surface area contributed by atoms with Crippen molar-refractivity contribution in [3.63, 3.8) is 0 Å². The van der Waals surface area contributed by atoms with E-state index in [1.165, 1.54) is 5.56 Å². The van der Waals surface area contributed by atoms with Crippen LogP contribution >= 0.6 is 0 Å². The molecule has 1 rings (SSSR count). The number of benzene rings is 1. The Bertz CT molecular complexity index is 258. The van der Waals surface area contributed by atoms with Gasteiger partial charge in [0.05, 0.1) is 12.6 Å². The van der Waals surface area contributed by atoms with Crippen LogP contribution in [0.3, 0.4) is 0 Å². The Morgan fingerprint density at radius 3 is 2.69 bits per heavy atom. The Balaban J connectivity index is 2.78. The van der Waals surface area contributed by atoms with Crippen LogP contribution in [-0.4, -0.2) is 6.10 Å². The van der Waals surface area contributed by atoms with Crippen LogP contribution in [0.15, 0.2) is 24.3 Å². The van der Waals surface area contributed by atoms with Crippen molar-refractivity contribution in [1.29, 1.82) is 0 Å². The molecular formula is C11H17NO. The van der Waals surface area contributed by atoms with Crippen LogP contribution in [0.25, 0.3) is 0 Å². The molecule has 0 bridgehead atoms. The van der Waals surface area contributed by atoms with Gasteiger partial charge in [-0.2, -0.15) is 7.05 Å². The minimum atomic E-state index is 0.228. The van der Waals surface area contributed by atoms with Crippen LogP contribution in [-0.2, 0) is 6.54 Å². The molecule has 0 saturated heterocycles. The molecule has 0 fully saturated rings. The highest BCUT2D eigenvalue weighted by atomic mass is 16.5. The normalized spacial score (nSPS) is 10.5. The summed E-state index contributed by atoms with van der Waals surface area (Å²) in [6, 6.07) is 8.08. The minimum Gasteiger partial charge on any atom is -0.490 e. The lowest BCUT2D eigenvalue weighted by Gasteiger charge is -2.13. The highest BCUT2D eigenvalue weighted by Crippen LogP contribution is 2.17. The molecule has 2 heteroatoms. The smallest absolute Gasteiger partial charge is 0.128 e. The Morgan fingerprint density at radius 2 is 2.08 bits per heavy atom. The van der Waals surface area contributed by atoms with E-state index < -0.39 is 0 Å². The summed E-state index contributed by atoms with van der Waals surface area (Å²) in [4.78, 5) is 0. The average molecular weight is 179 g/mol. The van der Waals surface area contributed by atoms with E-state index in [9.17, 15) is 0 Å². The first-order valence-corrected chi connectivity index (χ1v) is 4.59. The SMILES string of the molecule is [CH2-][NH2+]Cc1ccccc1OC(C)C. The maximum absolute atomic E-state index is 5.65. The van der Waals surface area contributed by atoms with Crippen LogP contribution in [0, 0.1) is 7.05 Å². The molecule has 1 aromatic rings. The van der Waals surface area contributed by atoms with Crippen LogP contribution in [0.5, 0.6) is 5.75 Å². The molecule has 0 radical (unpaired) electrons. The zero-order valence-corrected chi connectivity index (χ0v) is 8.29. The van der Waals surface area contributed by atoms with Gasteiger partial charge in [-0.3, -0.25) is 0 Å². The number of nitrogens with two attached hydrogens (primary N) is 1. The largest absolute Gasteiger partial charge is 0.490 e. The van der Waals surface area contributed by atoms with Crippen LogP contribution in [0.2, 0.25) is 0 Å². The number of quaternary nitrogens is 1. The lowest BCUT2D eigenvalue weighted by atomic mass is 10.2. The van der Waals surface area contributed by atoms with Gasteiger partial charge in [-0.05, 0) is 26.0 Å². The lowest BCUT2D eigenvalue weighted by molar-refractivity contribution is -0.612. The van der Waals surface area contributed by atoms with E-state index in [-0.39, 0.29) is 6.10 Å². The summed E-state index contributed by atoms with van der Waals surface area (Å²) in [5.41, 5.74) is 1.20. The van der Waals surface area contributed by atoms with Crippen molar-refractivity contribution in [1.82, 2.24) is 0 Å². The van der Waals surface area contributed by atoms with E-state index in [1.807, 2.05) is 37.4 Å². The molecule has 2 N–H and O–H groups in total. The predicted octanol–water partition coefficient (Wildman–Crippen LogP) is 1.33. The van der Waals surface area contributed by atoms with Crippen LogP contribution in [0.1, 0.15) is 19.4 Å². The first-order valence-electron chi connectivity index (χ1n) is 4.59. The fraction of sp³-hybridized carbons (Fsp3) is 0.364. The maximum atomic E-state index is 5.65. The third kappa shape index (κ3) is 3.07. The fourth-order valence-corrected chi connectivity index (χ4v) is 1.20. The number of para-hydroxylation sites is 1. The maximum Gasteiger partial charge on any atom is 0.128 e. The quantitative estimate of drug-likeness (QED) is 0.693. The molecular weight excluding hydrogens is 162 g/mol. The van der Waals surface area contributed by atoms with Gasteiger partial charge in [0.2, 0.25) is 0 Å². The monoisotopic (exact) mass is 179 g/mol. The molecule has 0 atom stereocenters. The number of ether oxygens (including phenoxy) is 1. The summed E-state index contributed by atoms with van der Waals surface area (Å²) in [6.07, 6.45) is 0.228. The van der Waals surface area contributed by atoms with Gasteiger partial charge in [0.1, 0.15) is 5.75 Å². The fourth-order valence-electron chi connectivity index (χ4n) is 1.20. The molecule has 0 aromatic heterocycles. The molecule has 0 heterocycles. The van der Waals surface area contributed by atoms with Gasteiger partial charge >= 0.3 is 0 Å². The predicted molar refractivity (Wildman–Crippen MR) is 53.2 cm³/mol. The molecule has 0 saturated carbocycles. The number of rotatable bonds is 4. The lowest BCUT2D eigenvalue weighted by Crippen LogP contribution is -2.74. The second-order valence-corrected chi connectivity index (χ2v) is 3.27. The molecule has 13 heavy (non-hydrogen) atoms. The molecule has 1 aromatic carbocycles. The summed E-state index contributed by atoms with van der Waals surface area (Å²) < 4.78 is 5.65. The molecule has 0 unspecified atom stereocenters. The Labute approximate surface area is 79.9 Å². The van der Waals surface area contributed by atoms with Crippen molar-refractivity contribution >= 4 is 0 Å². The van der Waals surface area contributed by atoms with Crippen LogP contribution < -0.4 is 10.1 Å². The van der Waals surface area contributed by atoms with Gasteiger partial charge in [0, 0.05) is 5.56 Å². The molecule has 72 valence electrons. The Hall–Kier alpha value is -1.02. The summed E-state index contributed by atoms with van der Waals surface area (Å²) in [5, 5.41) is 1.89. The molecule has 2 nitrogen and oxygen atoms in total. The van der Waals surface area contributed by atoms with E-state index >= 15 is 0 Å². The highest BCUT2D eigenvalue weighted by molar-refractivity contribution is 5.32. The average Bonchev–Trinajstić information content (AvgIpc) is 2.08. The van der Waals surface area contributed by atoms with E-state index in [0.29, 0.717) is 0 Å². The third-order valence-electron chi connectivity index (χ3n) is 1.70. The van der Waals surface area contributed by atoms with Crippen molar-refractivity contribution < 1.29 is 10.1 Å². The summed E-state index contributed by atoms with van der Waals surface area (Å²) in [5.74, 6) is 0.970. The van der Waals surface area contributed by atoms with Gasteiger partial charge < -0.3 is 10.1 Å². The zero-order chi connectivity index (χ0) is 9.68. The standard InChI is InChI=1S/C11H17NO/c1-9(2)13-11-7-5-4-6-10(11)8-12-3/h4-7,9H,3,8,12H2,1-2H3. The molecule has 0 aliphatic heterocycles. The van der Waals surface area contributed by atoms with Gasteiger partial charge in [0.25, 0.3) is 0 Å². The molecule has 0 aliphatic carbocycles. The van der Waals surface area contributed by atoms with Crippen LogP contribution in [0.4, 0.5) is 0 Å². The summed E-state index contributed by atoms with van der Waals surface area (Å²) >= 11 is 0. The number of hydrogen-bond acceptors (Lipinski definition) is 1. The van der Waals surface area contributed by atoms with Gasteiger partial charge in [0.15, 0.2) is 0 Å². The molecule has 0 aliphatic rings. The van der Waals surface area contributed by atoms with E-state index in [2.05, 4.69) is 13.1 Å². The highest BCUT2D eigenvalue weighted by Gasteiger charge is 2.03. The van der Waals surface area contributed by atoms with E-state index in [0.717, 1.165) is 12.3 Å². The van der Waals surface area contributed by atoms with Gasteiger partial charge in [-0.15, -0.1) is 0 Å². The Kier molecular flexibility index (Phi) is 3.77. The summed E-state index contributed by atoms with van der Waals surface area (Å²) in [6.45, 7) is 4.93. The summed E-state index contributed by atoms with van der Waals surface area (Å²) in [7, 11) is 3.72. The van der Waals surface area contributed by atoms with Gasteiger partial charge in [-0.25, -0.2) is 0 Å². The topological polar surface area (TPSA) is 25.8 Å². The first kappa shape index (κ1) is 10.1. The van der Waals surface area contributed by atoms with E-state index in [1.54, 1.807) is 0 Å².